The third-order valence-corrected chi connectivity index (χ3v) is 5.08. The smallest absolute Gasteiger partial charge is 0.167 e. The molecular weight excluding hydrogens is 254 g/mol. The van der Waals surface area contributed by atoms with Gasteiger partial charge in [0.05, 0.1) is 24.2 Å². The zero-order valence-electron chi connectivity index (χ0n) is 11.0. The van der Waals surface area contributed by atoms with E-state index < -0.39 is 0 Å². The number of Topliss-reactive ketones (excluding diaryl/α,β-unsaturated/α-hetero) is 1. The highest BCUT2D eigenvalue weighted by Crippen LogP contribution is 2.69. The average molecular weight is 269 g/mol. The second-order valence-corrected chi connectivity index (χ2v) is 5.98. The molecule has 4 heteroatoms. The van der Waals surface area contributed by atoms with Crippen LogP contribution in [0.4, 0.5) is 0 Å². The topological polar surface area (TPSA) is 59.3 Å². The predicted octanol–water partition coefficient (Wildman–Crippen LogP) is 2.16. The summed E-state index contributed by atoms with van der Waals surface area (Å²) in [4.78, 5) is 12.6. The maximum atomic E-state index is 12.6. The number of ketones is 1. The van der Waals surface area contributed by atoms with Crippen molar-refractivity contribution in [2.45, 2.75) is 25.0 Å². The summed E-state index contributed by atoms with van der Waals surface area (Å²) in [6.07, 6.45) is 1.69. The molecule has 4 atom stereocenters. The van der Waals surface area contributed by atoms with E-state index in [1.54, 1.807) is 0 Å². The molecule has 0 amide bonds. The summed E-state index contributed by atoms with van der Waals surface area (Å²) in [5.41, 5.74) is 0.491. The van der Waals surface area contributed by atoms with Gasteiger partial charge < -0.3 is 9.47 Å². The predicted molar refractivity (Wildman–Crippen MR) is 69.6 cm³/mol. The fourth-order valence-electron chi connectivity index (χ4n) is 4.04. The molecule has 1 saturated heterocycles. The van der Waals surface area contributed by atoms with Gasteiger partial charge in [-0.3, -0.25) is 4.79 Å². The van der Waals surface area contributed by atoms with Crippen LogP contribution < -0.4 is 0 Å². The number of rotatable bonds is 2. The number of hydrogen-bond acceptors (Lipinski definition) is 4. The first-order valence-corrected chi connectivity index (χ1v) is 6.98. The number of ether oxygens (including phenoxy) is 2. The van der Waals surface area contributed by atoms with E-state index in [9.17, 15) is 10.1 Å². The number of hydrogen-bond donors (Lipinski definition) is 0. The number of fused-ring (bicyclic) bond motifs is 1. The van der Waals surface area contributed by atoms with Crippen LogP contribution in [-0.2, 0) is 9.47 Å². The molecule has 2 aliphatic carbocycles. The van der Waals surface area contributed by atoms with Crippen LogP contribution in [0.1, 0.15) is 23.2 Å². The first-order valence-electron chi connectivity index (χ1n) is 6.98. The number of carbonyl (C=O) groups excluding carboxylic acids is 1. The van der Waals surface area contributed by atoms with Crippen molar-refractivity contribution in [2.75, 3.05) is 6.79 Å². The Bertz CT molecular complexity index is 579. The molecule has 1 spiro atoms. The molecule has 1 heterocycles. The summed E-state index contributed by atoms with van der Waals surface area (Å²) in [6, 6.07) is 11.6. The summed E-state index contributed by atoms with van der Waals surface area (Å²) >= 11 is 0. The van der Waals surface area contributed by atoms with Crippen molar-refractivity contribution in [1.29, 1.82) is 5.26 Å². The Morgan fingerprint density at radius 2 is 1.85 bits per heavy atom. The molecule has 4 unspecified atom stereocenters. The summed E-state index contributed by atoms with van der Waals surface area (Å²) in [5.74, 6) is -0.280. The lowest BCUT2D eigenvalue weighted by Gasteiger charge is -2.09. The minimum absolute atomic E-state index is 0.0689. The van der Waals surface area contributed by atoms with Crippen LogP contribution in [0, 0.1) is 28.6 Å². The molecule has 3 fully saturated rings. The Balaban J connectivity index is 1.61. The standard InChI is InChI=1S/C16H15NO3/c17-8-11-14(15(18)10-4-2-1-3-5-10)16(11)6-12-13(7-16)20-9-19-12/h1-5,11-14H,6-7,9H2. The molecule has 1 aromatic carbocycles. The minimum Gasteiger partial charge on any atom is -0.349 e. The molecule has 0 bridgehead atoms. The van der Waals surface area contributed by atoms with Crippen molar-refractivity contribution in [3.05, 3.63) is 35.9 Å². The molecule has 2 saturated carbocycles. The fourth-order valence-corrected chi connectivity index (χ4v) is 4.04. The highest BCUT2D eigenvalue weighted by atomic mass is 16.7. The average Bonchev–Trinajstić information content (AvgIpc) is 2.72. The van der Waals surface area contributed by atoms with E-state index in [0.717, 1.165) is 12.8 Å². The summed E-state index contributed by atoms with van der Waals surface area (Å²) in [5, 5.41) is 9.38. The van der Waals surface area contributed by atoms with E-state index in [-0.39, 0.29) is 35.2 Å². The van der Waals surface area contributed by atoms with Crippen molar-refractivity contribution in [1.82, 2.24) is 0 Å². The van der Waals surface area contributed by atoms with Crippen molar-refractivity contribution >= 4 is 5.78 Å². The van der Waals surface area contributed by atoms with Gasteiger partial charge in [0.2, 0.25) is 0 Å². The largest absolute Gasteiger partial charge is 0.349 e. The quantitative estimate of drug-likeness (QED) is 0.772. The lowest BCUT2D eigenvalue weighted by Crippen LogP contribution is -2.13. The Hall–Kier alpha value is -1.70. The summed E-state index contributed by atoms with van der Waals surface area (Å²) < 4.78 is 11.1. The Kier molecular flexibility index (Phi) is 2.50. The van der Waals surface area contributed by atoms with E-state index >= 15 is 0 Å². The van der Waals surface area contributed by atoms with Crippen LogP contribution in [0.15, 0.2) is 30.3 Å². The van der Waals surface area contributed by atoms with Gasteiger partial charge in [0.15, 0.2) is 5.78 Å². The van der Waals surface area contributed by atoms with Crippen molar-refractivity contribution in [2.24, 2.45) is 17.3 Å². The molecule has 1 aromatic rings. The van der Waals surface area contributed by atoms with Crippen LogP contribution in [0.3, 0.4) is 0 Å². The number of nitrogens with zero attached hydrogens (tertiary/aromatic N) is 1. The molecule has 0 aromatic heterocycles. The van der Waals surface area contributed by atoms with Crippen LogP contribution in [-0.4, -0.2) is 24.8 Å². The van der Waals surface area contributed by atoms with E-state index in [4.69, 9.17) is 9.47 Å². The molecule has 0 N–H and O–H groups in total. The monoisotopic (exact) mass is 269 g/mol. The van der Waals surface area contributed by atoms with E-state index in [1.807, 2.05) is 30.3 Å². The maximum Gasteiger partial charge on any atom is 0.167 e. The normalized spacial score (nSPS) is 41.4. The molecule has 4 nitrogen and oxygen atoms in total. The second kappa shape index (κ2) is 4.15. The van der Waals surface area contributed by atoms with Gasteiger partial charge in [0.1, 0.15) is 6.79 Å². The lowest BCUT2D eigenvalue weighted by atomic mass is 9.96. The number of benzene rings is 1. The first-order chi connectivity index (χ1) is 9.76. The SMILES string of the molecule is N#CC1C(C(=O)c2ccccc2)C12CC1OCOC1C2. The van der Waals surface area contributed by atoms with Crippen LogP contribution in [0.25, 0.3) is 0 Å². The van der Waals surface area contributed by atoms with Crippen molar-refractivity contribution in [3.63, 3.8) is 0 Å². The Morgan fingerprint density at radius 3 is 2.45 bits per heavy atom. The molecule has 3 aliphatic rings. The van der Waals surface area contributed by atoms with Crippen LogP contribution >= 0.6 is 0 Å². The second-order valence-electron chi connectivity index (χ2n) is 5.98. The lowest BCUT2D eigenvalue weighted by molar-refractivity contribution is 0.0184. The van der Waals surface area contributed by atoms with Gasteiger partial charge in [-0.05, 0) is 12.8 Å². The highest BCUT2D eigenvalue weighted by Gasteiger charge is 2.73. The Morgan fingerprint density at radius 1 is 1.20 bits per heavy atom. The molecule has 1 aliphatic heterocycles. The maximum absolute atomic E-state index is 12.6. The zero-order valence-corrected chi connectivity index (χ0v) is 11.0. The van der Waals surface area contributed by atoms with Crippen molar-refractivity contribution in [3.8, 4) is 6.07 Å². The molecular formula is C16H15NO3. The van der Waals surface area contributed by atoms with Crippen molar-refractivity contribution < 1.29 is 14.3 Å². The van der Waals surface area contributed by atoms with E-state index in [0.29, 0.717) is 12.4 Å². The van der Waals surface area contributed by atoms with E-state index in [1.165, 1.54) is 0 Å². The number of carbonyl (C=O) groups is 1. The first kappa shape index (κ1) is 12.1. The molecule has 0 radical (unpaired) electrons. The van der Waals surface area contributed by atoms with Crippen LogP contribution in [0.2, 0.25) is 0 Å². The van der Waals surface area contributed by atoms with Gasteiger partial charge in [-0.2, -0.15) is 5.26 Å². The van der Waals surface area contributed by atoms with Gasteiger partial charge in [0, 0.05) is 16.9 Å². The number of nitriles is 1. The third kappa shape index (κ3) is 1.51. The molecule has 4 rings (SSSR count). The Labute approximate surface area is 117 Å². The minimum atomic E-state index is -0.211. The van der Waals surface area contributed by atoms with Crippen LogP contribution in [0.5, 0.6) is 0 Å². The third-order valence-electron chi connectivity index (χ3n) is 5.08. The molecule has 20 heavy (non-hydrogen) atoms. The van der Waals surface area contributed by atoms with Gasteiger partial charge in [-0.25, -0.2) is 0 Å². The van der Waals surface area contributed by atoms with Gasteiger partial charge in [-0.1, -0.05) is 30.3 Å². The van der Waals surface area contributed by atoms with Gasteiger partial charge in [-0.15, -0.1) is 0 Å². The summed E-state index contributed by atoms with van der Waals surface area (Å²) in [7, 11) is 0. The van der Waals surface area contributed by atoms with Gasteiger partial charge >= 0.3 is 0 Å². The fraction of sp³-hybridized carbons (Fsp3) is 0.500. The van der Waals surface area contributed by atoms with Gasteiger partial charge in [0.25, 0.3) is 0 Å². The highest BCUT2D eigenvalue weighted by molar-refractivity contribution is 6.01. The molecule has 102 valence electrons. The van der Waals surface area contributed by atoms with E-state index in [2.05, 4.69) is 6.07 Å². The summed E-state index contributed by atoms with van der Waals surface area (Å²) in [6.45, 7) is 0.347. The zero-order chi connectivity index (χ0) is 13.7.